The Labute approximate surface area is 156 Å². The molecule has 0 aliphatic carbocycles. The summed E-state index contributed by atoms with van der Waals surface area (Å²) in [4.78, 5) is 13.2. The van der Waals surface area contributed by atoms with Gasteiger partial charge in [-0.1, -0.05) is 12.1 Å². The highest BCUT2D eigenvalue weighted by molar-refractivity contribution is 7.91. The molecule has 0 saturated carbocycles. The fourth-order valence-electron chi connectivity index (χ4n) is 2.86. The largest absolute Gasteiger partial charge is 0.325 e. The Morgan fingerprint density at radius 2 is 2.04 bits per heavy atom. The molecule has 0 radical (unpaired) electrons. The Balaban J connectivity index is 1.52. The minimum atomic E-state index is -3.43. The molecule has 0 unspecified atom stereocenters. The summed E-state index contributed by atoms with van der Waals surface area (Å²) in [5.41, 5.74) is 0.952. The monoisotopic (exact) mass is 398 g/mol. The molecule has 9 heteroatoms. The number of anilines is 1. The van der Waals surface area contributed by atoms with Crippen molar-refractivity contribution in [2.75, 3.05) is 38.0 Å². The van der Waals surface area contributed by atoms with Gasteiger partial charge in [-0.3, -0.25) is 4.79 Å². The SMILES string of the molecule is Cc1ccc(NC(=O)C[NH+]2CCN(S(=O)(=O)c3cccs3)CC2)cc1F. The van der Waals surface area contributed by atoms with Gasteiger partial charge in [0.25, 0.3) is 15.9 Å². The molecule has 2 aromatic rings. The first-order chi connectivity index (χ1) is 12.4. The number of hydrogen-bond acceptors (Lipinski definition) is 4. The molecule has 140 valence electrons. The van der Waals surface area contributed by atoms with Gasteiger partial charge in [-0.15, -0.1) is 11.3 Å². The minimum Gasteiger partial charge on any atom is -0.325 e. The number of hydrogen-bond donors (Lipinski definition) is 2. The third-order valence-electron chi connectivity index (χ3n) is 4.38. The first-order valence-corrected chi connectivity index (χ1v) is 10.6. The lowest BCUT2D eigenvalue weighted by Crippen LogP contribution is -3.15. The summed E-state index contributed by atoms with van der Waals surface area (Å²) >= 11 is 1.21. The third kappa shape index (κ3) is 4.29. The molecule has 0 bridgehead atoms. The Morgan fingerprint density at radius 3 is 2.65 bits per heavy atom. The summed E-state index contributed by atoms with van der Waals surface area (Å²) in [7, 11) is -3.43. The van der Waals surface area contributed by atoms with Gasteiger partial charge < -0.3 is 10.2 Å². The number of piperazine rings is 1. The van der Waals surface area contributed by atoms with E-state index in [0.717, 1.165) is 4.90 Å². The highest BCUT2D eigenvalue weighted by Gasteiger charge is 2.31. The Hall–Kier alpha value is -1.81. The Kier molecular flexibility index (Phi) is 5.71. The van der Waals surface area contributed by atoms with E-state index in [4.69, 9.17) is 0 Å². The first-order valence-electron chi connectivity index (χ1n) is 8.29. The van der Waals surface area contributed by atoms with E-state index in [1.54, 1.807) is 36.6 Å². The van der Waals surface area contributed by atoms with Gasteiger partial charge in [-0.25, -0.2) is 12.8 Å². The normalized spacial score (nSPS) is 16.5. The average molecular weight is 399 g/mol. The molecular formula is C17H21FN3O3S2+. The lowest BCUT2D eigenvalue weighted by atomic mass is 10.2. The van der Waals surface area contributed by atoms with Crippen molar-refractivity contribution in [3.63, 3.8) is 0 Å². The topological polar surface area (TPSA) is 70.9 Å². The summed E-state index contributed by atoms with van der Waals surface area (Å²) in [6, 6.07) is 7.90. The highest BCUT2D eigenvalue weighted by atomic mass is 32.2. The van der Waals surface area contributed by atoms with Crippen molar-refractivity contribution in [2.45, 2.75) is 11.1 Å². The molecule has 1 aromatic heterocycles. The molecule has 1 aromatic carbocycles. The molecule has 3 rings (SSSR count). The maximum absolute atomic E-state index is 13.5. The first kappa shape index (κ1) is 19.0. The number of aryl methyl sites for hydroxylation is 1. The molecule has 1 fully saturated rings. The van der Waals surface area contributed by atoms with E-state index < -0.39 is 10.0 Å². The van der Waals surface area contributed by atoms with Crippen LogP contribution in [0, 0.1) is 12.7 Å². The zero-order chi connectivity index (χ0) is 18.7. The number of halogens is 1. The zero-order valence-corrected chi connectivity index (χ0v) is 16.0. The fourth-order valence-corrected chi connectivity index (χ4v) is 5.45. The van der Waals surface area contributed by atoms with Gasteiger partial charge in [0.1, 0.15) is 10.0 Å². The maximum Gasteiger partial charge on any atom is 0.279 e. The summed E-state index contributed by atoms with van der Waals surface area (Å²) in [5.74, 6) is -0.569. The number of carbonyl (C=O) groups is 1. The summed E-state index contributed by atoms with van der Waals surface area (Å²) in [5, 5.41) is 4.43. The van der Waals surface area contributed by atoms with Crippen LogP contribution in [0.25, 0.3) is 0 Å². The van der Waals surface area contributed by atoms with Crippen LogP contribution >= 0.6 is 11.3 Å². The summed E-state index contributed by atoms with van der Waals surface area (Å²) in [6.07, 6.45) is 0. The van der Waals surface area contributed by atoms with E-state index in [-0.39, 0.29) is 18.3 Å². The van der Waals surface area contributed by atoms with Crippen molar-refractivity contribution in [3.8, 4) is 0 Å². The van der Waals surface area contributed by atoms with Crippen molar-refractivity contribution in [1.82, 2.24) is 4.31 Å². The number of nitrogens with one attached hydrogen (secondary N) is 2. The molecular weight excluding hydrogens is 377 g/mol. The van der Waals surface area contributed by atoms with Crippen LogP contribution in [0.3, 0.4) is 0 Å². The van der Waals surface area contributed by atoms with Gasteiger partial charge in [0.15, 0.2) is 6.54 Å². The van der Waals surface area contributed by atoms with E-state index in [9.17, 15) is 17.6 Å². The molecule has 1 saturated heterocycles. The van der Waals surface area contributed by atoms with Crippen molar-refractivity contribution < 1.29 is 22.5 Å². The van der Waals surface area contributed by atoms with E-state index in [1.807, 2.05) is 0 Å². The number of thiophene rings is 1. The van der Waals surface area contributed by atoms with Crippen molar-refractivity contribution in [3.05, 3.63) is 47.1 Å². The Morgan fingerprint density at radius 1 is 1.31 bits per heavy atom. The van der Waals surface area contributed by atoms with Gasteiger partial charge in [-0.05, 0) is 36.1 Å². The second kappa shape index (κ2) is 7.83. The average Bonchev–Trinajstić information content (AvgIpc) is 3.14. The molecule has 1 aliphatic rings. The van der Waals surface area contributed by atoms with Crippen LogP contribution in [0.5, 0.6) is 0 Å². The quantitative estimate of drug-likeness (QED) is 0.780. The molecule has 26 heavy (non-hydrogen) atoms. The molecule has 2 N–H and O–H groups in total. The standard InChI is InChI=1S/C17H20FN3O3S2/c1-13-4-5-14(11-15(13)18)19-16(22)12-20-6-8-21(9-7-20)26(23,24)17-3-2-10-25-17/h2-5,10-11H,6-9,12H2,1H3,(H,19,22)/p+1. The third-order valence-corrected chi connectivity index (χ3v) is 7.66. The second-order valence-electron chi connectivity index (χ2n) is 6.28. The molecule has 1 amide bonds. The molecule has 6 nitrogen and oxygen atoms in total. The predicted molar refractivity (Wildman–Crippen MR) is 98.4 cm³/mol. The number of carbonyl (C=O) groups excluding carboxylic acids is 1. The van der Waals surface area contributed by atoms with Crippen LogP contribution in [0.4, 0.5) is 10.1 Å². The van der Waals surface area contributed by atoms with Crippen molar-refractivity contribution in [1.29, 1.82) is 0 Å². The highest BCUT2D eigenvalue weighted by Crippen LogP contribution is 2.20. The fraction of sp³-hybridized carbons (Fsp3) is 0.353. The van der Waals surface area contributed by atoms with Crippen LogP contribution in [-0.4, -0.2) is 51.4 Å². The minimum absolute atomic E-state index is 0.210. The van der Waals surface area contributed by atoms with E-state index in [1.165, 1.54) is 21.7 Å². The molecule has 2 heterocycles. The van der Waals surface area contributed by atoms with Crippen LogP contribution in [0.1, 0.15) is 5.56 Å². The molecule has 0 atom stereocenters. The summed E-state index contributed by atoms with van der Waals surface area (Å²) in [6.45, 7) is 3.75. The van der Waals surface area contributed by atoms with Crippen molar-refractivity contribution >= 4 is 33.0 Å². The molecule has 1 aliphatic heterocycles. The number of rotatable bonds is 5. The number of benzene rings is 1. The lowest BCUT2D eigenvalue weighted by molar-refractivity contribution is -0.895. The van der Waals surface area contributed by atoms with E-state index in [0.29, 0.717) is 41.6 Å². The smallest absolute Gasteiger partial charge is 0.279 e. The maximum atomic E-state index is 13.5. The van der Waals surface area contributed by atoms with E-state index >= 15 is 0 Å². The van der Waals surface area contributed by atoms with E-state index in [2.05, 4.69) is 5.32 Å². The van der Waals surface area contributed by atoms with Crippen molar-refractivity contribution in [2.24, 2.45) is 0 Å². The van der Waals surface area contributed by atoms with Crippen LogP contribution in [-0.2, 0) is 14.8 Å². The second-order valence-corrected chi connectivity index (χ2v) is 9.39. The number of quaternary nitrogens is 1. The van der Waals surface area contributed by atoms with Gasteiger partial charge in [0.2, 0.25) is 0 Å². The van der Waals surface area contributed by atoms with Crippen LogP contribution in [0.2, 0.25) is 0 Å². The van der Waals surface area contributed by atoms with Gasteiger partial charge >= 0.3 is 0 Å². The van der Waals surface area contributed by atoms with Gasteiger partial charge in [0, 0.05) is 5.69 Å². The summed E-state index contributed by atoms with van der Waals surface area (Å²) < 4.78 is 40.3. The van der Waals surface area contributed by atoms with Crippen LogP contribution in [0.15, 0.2) is 39.9 Å². The number of amides is 1. The van der Waals surface area contributed by atoms with Crippen LogP contribution < -0.4 is 10.2 Å². The Bertz CT molecular complexity index is 877. The number of sulfonamides is 1. The number of nitrogens with zero attached hydrogens (tertiary/aromatic N) is 1. The van der Waals surface area contributed by atoms with Gasteiger partial charge in [-0.2, -0.15) is 4.31 Å². The predicted octanol–water partition coefficient (Wildman–Crippen LogP) is 0.724. The zero-order valence-electron chi connectivity index (χ0n) is 14.4. The van der Waals surface area contributed by atoms with Gasteiger partial charge in [0.05, 0.1) is 26.2 Å². The molecule has 0 spiro atoms. The lowest BCUT2D eigenvalue weighted by Gasteiger charge is -2.30.